The van der Waals surface area contributed by atoms with Crippen LogP contribution in [-0.4, -0.2) is 42.1 Å². The number of benzene rings is 1. The van der Waals surface area contributed by atoms with Crippen molar-refractivity contribution >= 4 is 17.7 Å². The van der Waals surface area contributed by atoms with Crippen LogP contribution in [0.2, 0.25) is 0 Å². The maximum absolute atomic E-state index is 12.1. The van der Waals surface area contributed by atoms with E-state index in [4.69, 9.17) is 10.4 Å². The topological polar surface area (TPSA) is 84.6 Å². The Labute approximate surface area is 111 Å². The van der Waals surface area contributed by atoms with E-state index in [2.05, 4.69) is 0 Å². The van der Waals surface area contributed by atoms with E-state index in [9.17, 15) is 9.59 Å². The first-order valence-corrected chi connectivity index (χ1v) is 5.74. The van der Waals surface area contributed by atoms with E-state index in [1.807, 2.05) is 6.07 Å². The Bertz CT molecular complexity index is 522. The summed E-state index contributed by atoms with van der Waals surface area (Å²) in [7, 11) is 1.54. The van der Waals surface area contributed by atoms with Crippen molar-refractivity contribution in [2.45, 2.75) is 6.92 Å². The lowest BCUT2D eigenvalue weighted by Gasteiger charge is -2.26. The molecule has 0 aliphatic heterocycles. The molecular formula is C13H15N3O3. The number of aliphatic carboxylic acids is 1. The van der Waals surface area contributed by atoms with Gasteiger partial charge in [0.1, 0.15) is 6.54 Å². The third-order valence-electron chi connectivity index (χ3n) is 2.63. The van der Waals surface area contributed by atoms with Crippen molar-refractivity contribution < 1.29 is 14.7 Å². The van der Waals surface area contributed by atoms with E-state index in [0.717, 1.165) is 0 Å². The van der Waals surface area contributed by atoms with Crippen LogP contribution in [0.3, 0.4) is 0 Å². The Morgan fingerprint density at radius 1 is 1.42 bits per heavy atom. The maximum atomic E-state index is 12.1. The van der Waals surface area contributed by atoms with E-state index in [1.165, 1.54) is 9.80 Å². The normalized spacial score (nSPS) is 9.53. The average Bonchev–Trinajstić information content (AvgIpc) is 2.43. The van der Waals surface area contributed by atoms with Crippen molar-refractivity contribution in [1.82, 2.24) is 4.90 Å². The second kappa shape index (κ2) is 6.40. The molecule has 0 saturated carbocycles. The van der Waals surface area contributed by atoms with Crippen LogP contribution in [0.5, 0.6) is 0 Å². The number of carboxylic acids is 1. The second-order valence-electron chi connectivity index (χ2n) is 3.91. The summed E-state index contributed by atoms with van der Waals surface area (Å²) in [6.07, 6.45) is 0. The molecule has 0 aliphatic carbocycles. The molecule has 0 aliphatic rings. The van der Waals surface area contributed by atoms with Crippen molar-refractivity contribution in [3.05, 3.63) is 29.8 Å². The summed E-state index contributed by atoms with van der Waals surface area (Å²) >= 11 is 0. The van der Waals surface area contributed by atoms with E-state index in [-0.39, 0.29) is 6.54 Å². The molecule has 100 valence electrons. The van der Waals surface area contributed by atoms with Gasteiger partial charge in [0.05, 0.1) is 11.6 Å². The summed E-state index contributed by atoms with van der Waals surface area (Å²) < 4.78 is 0. The Hall–Kier alpha value is -2.55. The summed E-state index contributed by atoms with van der Waals surface area (Å²) in [5.41, 5.74) is 0.992. The number of nitriles is 1. The van der Waals surface area contributed by atoms with E-state index >= 15 is 0 Å². The van der Waals surface area contributed by atoms with Crippen LogP contribution in [0.25, 0.3) is 0 Å². The maximum Gasteiger partial charge on any atom is 0.324 e. The fraction of sp³-hybridized carbons (Fsp3) is 0.308. The van der Waals surface area contributed by atoms with Gasteiger partial charge in [-0.1, -0.05) is 6.07 Å². The number of likely N-dealkylation sites (N-methyl/N-ethyl adjacent to an activating group) is 1. The van der Waals surface area contributed by atoms with Gasteiger partial charge in [-0.2, -0.15) is 5.26 Å². The number of carboxylic acid groups (broad SMARTS) is 1. The van der Waals surface area contributed by atoms with E-state index in [1.54, 1.807) is 38.2 Å². The van der Waals surface area contributed by atoms with Gasteiger partial charge in [0.25, 0.3) is 0 Å². The highest BCUT2D eigenvalue weighted by Gasteiger charge is 2.20. The average molecular weight is 261 g/mol. The molecular weight excluding hydrogens is 246 g/mol. The van der Waals surface area contributed by atoms with Gasteiger partial charge in [0.15, 0.2) is 0 Å². The van der Waals surface area contributed by atoms with Crippen molar-refractivity contribution in [2.24, 2.45) is 0 Å². The standard InChI is InChI=1S/C13H15N3O3/c1-3-16(9-12(17)18)13(19)15(2)11-6-4-5-10(7-11)8-14/h4-7H,3,9H2,1-2H3,(H,17,18). The van der Waals surface area contributed by atoms with Crippen LogP contribution in [0.4, 0.5) is 10.5 Å². The van der Waals surface area contributed by atoms with Gasteiger partial charge in [-0.25, -0.2) is 4.79 Å². The Balaban J connectivity index is 2.91. The third-order valence-corrected chi connectivity index (χ3v) is 2.63. The summed E-state index contributed by atoms with van der Waals surface area (Å²) in [6.45, 7) is 1.66. The van der Waals surface area contributed by atoms with Crippen LogP contribution in [0.1, 0.15) is 12.5 Å². The van der Waals surface area contributed by atoms with Crippen LogP contribution < -0.4 is 4.90 Å². The smallest absolute Gasteiger partial charge is 0.324 e. The molecule has 19 heavy (non-hydrogen) atoms. The number of carbonyl (C=O) groups is 2. The summed E-state index contributed by atoms with van der Waals surface area (Å²) in [5, 5.41) is 17.6. The minimum atomic E-state index is -1.06. The first kappa shape index (κ1) is 14.5. The number of anilines is 1. The second-order valence-corrected chi connectivity index (χ2v) is 3.91. The number of rotatable bonds is 4. The molecule has 0 atom stereocenters. The highest BCUT2D eigenvalue weighted by molar-refractivity contribution is 5.93. The van der Waals surface area contributed by atoms with Crippen molar-refractivity contribution in [3.8, 4) is 6.07 Å². The fourth-order valence-corrected chi connectivity index (χ4v) is 1.58. The molecule has 0 unspecified atom stereocenters. The number of carbonyl (C=O) groups excluding carboxylic acids is 1. The minimum absolute atomic E-state index is 0.299. The Kier molecular flexibility index (Phi) is 4.89. The molecule has 0 saturated heterocycles. The molecule has 1 N–H and O–H groups in total. The number of hydrogen-bond acceptors (Lipinski definition) is 3. The highest BCUT2D eigenvalue weighted by atomic mass is 16.4. The monoisotopic (exact) mass is 261 g/mol. The lowest BCUT2D eigenvalue weighted by Crippen LogP contribution is -2.43. The molecule has 0 heterocycles. The summed E-state index contributed by atoms with van der Waals surface area (Å²) in [4.78, 5) is 25.3. The quantitative estimate of drug-likeness (QED) is 0.890. The van der Waals surface area contributed by atoms with Crippen molar-refractivity contribution in [1.29, 1.82) is 5.26 Å². The van der Waals surface area contributed by atoms with E-state index < -0.39 is 12.0 Å². The minimum Gasteiger partial charge on any atom is -0.480 e. The van der Waals surface area contributed by atoms with Gasteiger partial charge in [-0.05, 0) is 25.1 Å². The van der Waals surface area contributed by atoms with Gasteiger partial charge >= 0.3 is 12.0 Å². The van der Waals surface area contributed by atoms with Crippen molar-refractivity contribution in [3.63, 3.8) is 0 Å². The van der Waals surface area contributed by atoms with Gasteiger partial charge in [0, 0.05) is 19.3 Å². The Morgan fingerprint density at radius 3 is 2.63 bits per heavy atom. The molecule has 0 aromatic heterocycles. The van der Waals surface area contributed by atoms with Crippen LogP contribution in [0.15, 0.2) is 24.3 Å². The number of urea groups is 1. The van der Waals surface area contributed by atoms with Gasteiger partial charge < -0.3 is 10.0 Å². The lowest BCUT2D eigenvalue weighted by atomic mass is 10.2. The molecule has 0 radical (unpaired) electrons. The van der Waals surface area contributed by atoms with Crippen molar-refractivity contribution in [2.75, 3.05) is 25.0 Å². The predicted molar refractivity (Wildman–Crippen MR) is 69.8 cm³/mol. The zero-order valence-electron chi connectivity index (χ0n) is 10.8. The number of hydrogen-bond donors (Lipinski definition) is 1. The van der Waals surface area contributed by atoms with Crippen LogP contribution in [0, 0.1) is 11.3 Å². The highest BCUT2D eigenvalue weighted by Crippen LogP contribution is 2.15. The number of amides is 2. The Morgan fingerprint density at radius 2 is 2.11 bits per heavy atom. The molecule has 1 aromatic rings. The molecule has 0 fully saturated rings. The summed E-state index contributed by atoms with van der Waals surface area (Å²) in [5.74, 6) is -1.06. The number of nitrogens with zero attached hydrogens (tertiary/aromatic N) is 3. The van der Waals surface area contributed by atoms with Gasteiger partial charge in [-0.3, -0.25) is 9.69 Å². The molecule has 1 aromatic carbocycles. The zero-order valence-corrected chi connectivity index (χ0v) is 10.8. The first-order chi connectivity index (χ1) is 8.99. The molecule has 6 heteroatoms. The first-order valence-electron chi connectivity index (χ1n) is 5.74. The van der Waals surface area contributed by atoms with Crippen LogP contribution in [-0.2, 0) is 4.79 Å². The van der Waals surface area contributed by atoms with Gasteiger partial charge in [-0.15, -0.1) is 0 Å². The van der Waals surface area contributed by atoms with Crippen LogP contribution >= 0.6 is 0 Å². The van der Waals surface area contributed by atoms with E-state index in [0.29, 0.717) is 17.8 Å². The third kappa shape index (κ3) is 3.71. The molecule has 6 nitrogen and oxygen atoms in total. The lowest BCUT2D eigenvalue weighted by molar-refractivity contribution is -0.137. The molecule has 0 bridgehead atoms. The fourth-order valence-electron chi connectivity index (χ4n) is 1.58. The summed E-state index contributed by atoms with van der Waals surface area (Å²) in [6, 6.07) is 8.15. The molecule has 1 rings (SSSR count). The molecule has 2 amide bonds. The van der Waals surface area contributed by atoms with Gasteiger partial charge in [0.2, 0.25) is 0 Å². The zero-order chi connectivity index (χ0) is 14.4. The SMILES string of the molecule is CCN(CC(=O)O)C(=O)N(C)c1cccc(C#N)c1. The molecule has 0 spiro atoms. The largest absolute Gasteiger partial charge is 0.480 e. The predicted octanol–water partition coefficient (Wildman–Crippen LogP) is 1.52.